The maximum atomic E-state index is 3.27. The molecular formula is C21H21I. The molecule has 22 heavy (non-hydrogen) atoms. The van der Waals surface area contributed by atoms with Crippen molar-refractivity contribution in [1.82, 2.24) is 0 Å². The van der Waals surface area contributed by atoms with E-state index in [1.54, 1.807) is 0 Å². The highest BCUT2D eigenvalue weighted by molar-refractivity contribution is 14.1. The first-order valence-corrected chi connectivity index (χ1v) is 9.13. The molecular weight excluding hydrogens is 379 g/mol. The molecule has 1 aromatic rings. The molecule has 0 saturated carbocycles. The summed E-state index contributed by atoms with van der Waals surface area (Å²) < 4.78 is 0.616. The maximum absolute atomic E-state index is 3.27. The van der Waals surface area contributed by atoms with Gasteiger partial charge in [0.1, 0.15) is 0 Å². The lowest BCUT2D eigenvalue weighted by atomic mass is 9.87. The Hall–Kier alpha value is -1.27. The van der Waals surface area contributed by atoms with Gasteiger partial charge >= 0.3 is 0 Å². The van der Waals surface area contributed by atoms with E-state index >= 15 is 0 Å². The van der Waals surface area contributed by atoms with E-state index < -0.39 is 0 Å². The Morgan fingerprint density at radius 2 is 2.00 bits per heavy atom. The van der Waals surface area contributed by atoms with Crippen molar-refractivity contribution in [2.24, 2.45) is 0 Å². The van der Waals surface area contributed by atoms with Crippen molar-refractivity contribution < 1.29 is 0 Å². The van der Waals surface area contributed by atoms with Gasteiger partial charge in [0.25, 0.3) is 0 Å². The molecule has 0 fully saturated rings. The average Bonchev–Trinajstić information content (AvgIpc) is 2.53. The summed E-state index contributed by atoms with van der Waals surface area (Å²) in [5.74, 6) is 0. The quantitative estimate of drug-likeness (QED) is 0.306. The molecule has 0 saturated heterocycles. The summed E-state index contributed by atoms with van der Waals surface area (Å²) in [6.45, 7) is 6.71. The van der Waals surface area contributed by atoms with E-state index in [4.69, 9.17) is 0 Å². The third-order valence-electron chi connectivity index (χ3n) is 4.67. The van der Waals surface area contributed by atoms with Gasteiger partial charge in [-0.15, -0.1) is 0 Å². The molecule has 1 aromatic carbocycles. The van der Waals surface area contributed by atoms with E-state index in [0.717, 1.165) is 19.3 Å². The van der Waals surface area contributed by atoms with Crippen molar-refractivity contribution >= 4 is 33.7 Å². The number of allylic oxidation sites excluding steroid dienone is 6. The third kappa shape index (κ3) is 3.08. The molecule has 3 rings (SSSR count). The monoisotopic (exact) mass is 400 g/mol. The van der Waals surface area contributed by atoms with Crippen LogP contribution in [0, 0.1) is 6.92 Å². The summed E-state index contributed by atoms with van der Waals surface area (Å²) in [4.78, 5) is 0. The lowest BCUT2D eigenvalue weighted by molar-refractivity contribution is 1.00. The van der Waals surface area contributed by atoms with E-state index in [2.05, 4.69) is 85.2 Å². The van der Waals surface area contributed by atoms with Gasteiger partial charge in [0, 0.05) is 9.50 Å². The van der Waals surface area contributed by atoms with Gasteiger partial charge in [-0.2, -0.15) is 0 Å². The molecule has 0 N–H and O–H groups in total. The van der Waals surface area contributed by atoms with E-state index in [-0.39, 0.29) is 0 Å². The van der Waals surface area contributed by atoms with Gasteiger partial charge in [0.15, 0.2) is 0 Å². The molecule has 112 valence electrons. The summed E-state index contributed by atoms with van der Waals surface area (Å²) in [5.41, 5.74) is 16.1. The number of alkyl halides is 1. The van der Waals surface area contributed by atoms with Gasteiger partial charge in [-0.1, -0.05) is 69.5 Å². The van der Waals surface area contributed by atoms with Crippen LogP contribution >= 0.6 is 22.6 Å². The minimum absolute atomic E-state index is 0.616. The standard InChI is InChI=1S/C21H21I/c1-14-11-19(13-21(22)16(14)3)20-10-9-18(12-15(20)2)17-7-5-4-6-8-17/h4,9-12,21H,5,7,13H2,1-3H3/t21-/m0/s1. The van der Waals surface area contributed by atoms with Gasteiger partial charge in [-0.25, -0.2) is 0 Å². The Bertz CT molecular complexity index is 776. The van der Waals surface area contributed by atoms with Crippen molar-refractivity contribution in [3.63, 3.8) is 0 Å². The molecule has 0 nitrogen and oxygen atoms in total. The van der Waals surface area contributed by atoms with Crippen LogP contribution < -0.4 is 0 Å². The normalized spacial score (nSPS) is 21.0. The smallest absolute Gasteiger partial charge is 0.0362 e. The molecule has 2 aliphatic carbocycles. The summed E-state index contributed by atoms with van der Waals surface area (Å²) >= 11 is 2.57. The van der Waals surface area contributed by atoms with Crippen LogP contribution in [-0.2, 0) is 0 Å². The second-order valence-corrected chi connectivity index (χ2v) is 7.73. The first kappa shape index (κ1) is 15.6. The Morgan fingerprint density at radius 3 is 2.64 bits per heavy atom. The summed E-state index contributed by atoms with van der Waals surface area (Å²) in [6.07, 6.45) is 7.72. The summed E-state index contributed by atoms with van der Waals surface area (Å²) in [6, 6.07) is 6.86. The largest absolute Gasteiger partial charge is 0.0774 e. The van der Waals surface area contributed by atoms with Gasteiger partial charge in [0.2, 0.25) is 0 Å². The minimum atomic E-state index is 0.616. The topological polar surface area (TPSA) is 0 Å². The van der Waals surface area contributed by atoms with Crippen LogP contribution in [0.3, 0.4) is 0 Å². The van der Waals surface area contributed by atoms with Crippen molar-refractivity contribution in [2.75, 3.05) is 0 Å². The van der Waals surface area contributed by atoms with E-state index in [1.165, 1.54) is 39.0 Å². The zero-order chi connectivity index (χ0) is 15.7. The first-order valence-electron chi connectivity index (χ1n) is 7.88. The third-order valence-corrected chi connectivity index (χ3v) is 6.04. The highest BCUT2D eigenvalue weighted by atomic mass is 127. The molecule has 0 amide bonds. The zero-order valence-corrected chi connectivity index (χ0v) is 15.6. The predicted molar refractivity (Wildman–Crippen MR) is 104 cm³/mol. The summed E-state index contributed by atoms with van der Waals surface area (Å²) in [5, 5.41) is 0. The van der Waals surface area contributed by atoms with Crippen molar-refractivity contribution in [1.29, 1.82) is 0 Å². The SMILES string of the molecule is CC1=C(C)[C@@H](I)CC(c2ccc(C3=C=C=CCC3)cc2C)=C1. The highest BCUT2D eigenvalue weighted by Gasteiger charge is 2.19. The second-order valence-electron chi connectivity index (χ2n) is 6.23. The van der Waals surface area contributed by atoms with Gasteiger partial charge < -0.3 is 0 Å². The van der Waals surface area contributed by atoms with Crippen LogP contribution in [-0.4, -0.2) is 3.92 Å². The predicted octanol–water partition coefficient (Wildman–Crippen LogP) is 6.41. The lowest BCUT2D eigenvalue weighted by Crippen LogP contribution is -2.08. The maximum Gasteiger partial charge on any atom is 0.0362 e. The molecule has 0 bridgehead atoms. The number of aryl methyl sites for hydroxylation is 1. The van der Waals surface area contributed by atoms with Crippen LogP contribution in [0.15, 0.2) is 53.0 Å². The Balaban J connectivity index is 1.99. The molecule has 0 unspecified atom stereocenters. The second kappa shape index (κ2) is 6.46. The fourth-order valence-electron chi connectivity index (χ4n) is 3.13. The van der Waals surface area contributed by atoms with Gasteiger partial charge in [-0.05, 0) is 68.4 Å². The average molecular weight is 400 g/mol. The number of benzene rings is 1. The van der Waals surface area contributed by atoms with Gasteiger partial charge in [-0.3, -0.25) is 0 Å². The van der Waals surface area contributed by atoms with Crippen LogP contribution in [0.5, 0.6) is 0 Å². The van der Waals surface area contributed by atoms with Crippen molar-refractivity contribution in [3.05, 3.63) is 69.7 Å². The molecule has 0 heterocycles. The molecule has 0 radical (unpaired) electrons. The number of hydrogen-bond acceptors (Lipinski definition) is 0. The Kier molecular flexibility index (Phi) is 4.59. The van der Waals surface area contributed by atoms with Gasteiger partial charge in [0.05, 0.1) is 0 Å². The molecule has 2 aliphatic rings. The summed E-state index contributed by atoms with van der Waals surface area (Å²) in [7, 11) is 0. The fraction of sp³-hybridized carbons (Fsp3) is 0.333. The number of hydrogen-bond donors (Lipinski definition) is 0. The van der Waals surface area contributed by atoms with E-state index in [9.17, 15) is 0 Å². The van der Waals surface area contributed by atoms with E-state index in [1.807, 2.05) is 0 Å². The molecule has 0 aliphatic heterocycles. The molecule has 1 heteroatoms. The zero-order valence-electron chi connectivity index (χ0n) is 13.5. The van der Waals surface area contributed by atoms with Crippen molar-refractivity contribution in [2.45, 2.75) is 44.0 Å². The van der Waals surface area contributed by atoms with Crippen molar-refractivity contribution in [3.8, 4) is 0 Å². The minimum Gasteiger partial charge on any atom is -0.0774 e. The molecule has 0 spiro atoms. The number of halogens is 1. The van der Waals surface area contributed by atoms with Crippen LogP contribution in [0.4, 0.5) is 0 Å². The lowest BCUT2D eigenvalue weighted by Gasteiger charge is -2.23. The highest BCUT2D eigenvalue weighted by Crippen LogP contribution is 2.36. The van der Waals surface area contributed by atoms with Crippen LogP contribution in [0.25, 0.3) is 11.1 Å². The number of rotatable bonds is 2. The molecule has 1 atom stereocenters. The van der Waals surface area contributed by atoms with E-state index in [0.29, 0.717) is 3.92 Å². The fourth-order valence-corrected chi connectivity index (χ4v) is 4.10. The Labute approximate surface area is 147 Å². The van der Waals surface area contributed by atoms with Crippen LogP contribution in [0.1, 0.15) is 49.8 Å². The molecule has 0 aromatic heterocycles. The first-order chi connectivity index (χ1) is 10.6. The van der Waals surface area contributed by atoms with Crippen LogP contribution in [0.2, 0.25) is 0 Å². The Morgan fingerprint density at radius 1 is 1.18 bits per heavy atom.